The van der Waals surface area contributed by atoms with Gasteiger partial charge in [0, 0.05) is 0 Å². The summed E-state index contributed by atoms with van der Waals surface area (Å²) in [5.41, 5.74) is 0. The molecule has 4 nitrogen and oxygen atoms in total. The van der Waals surface area contributed by atoms with Crippen molar-refractivity contribution in [2.45, 2.75) is 26.2 Å². The number of alkyl halides is 6. The average molecular weight is 315 g/mol. The molecule has 116 valence electrons. The van der Waals surface area contributed by atoms with Gasteiger partial charge in [-0.1, -0.05) is 0 Å². The van der Waals surface area contributed by atoms with Crippen molar-refractivity contribution in [2.24, 2.45) is 0 Å². The van der Waals surface area contributed by atoms with E-state index in [9.17, 15) is 46.1 Å². The number of halogens is 6. The maximum Gasteiger partial charge on any atom is 2.00 e. The summed E-state index contributed by atoms with van der Waals surface area (Å²) in [6.45, 7) is 1.76. The molecule has 0 amide bonds. The van der Waals surface area contributed by atoms with Crippen LogP contribution >= 0.6 is 0 Å². The summed E-state index contributed by atoms with van der Waals surface area (Å²) in [4.78, 5) is 19.8. The smallest absolute Gasteiger partial charge is 0.869 e. The molecule has 0 N–H and O–H groups in total. The third-order valence-electron chi connectivity index (χ3n) is 1.23. The van der Waals surface area contributed by atoms with Crippen molar-refractivity contribution in [3.05, 3.63) is 23.7 Å². The molecule has 0 aliphatic heterocycles. The van der Waals surface area contributed by atoms with E-state index in [0.29, 0.717) is 0 Å². The topological polar surface area (TPSA) is 80.3 Å². The minimum absolute atomic E-state index is 0. The third-order valence-corrected chi connectivity index (χ3v) is 1.23. The minimum Gasteiger partial charge on any atom is -0.869 e. The van der Waals surface area contributed by atoms with Crippen molar-refractivity contribution in [1.82, 2.24) is 0 Å². The van der Waals surface area contributed by atoms with Crippen LogP contribution < -0.4 is 10.2 Å². The minimum atomic E-state index is -4.92. The third kappa shape index (κ3) is 14.4. The van der Waals surface area contributed by atoms with Gasteiger partial charge in [-0.05, 0) is 37.5 Å². The number of allylic oxidation sites excluding steroid dienone is 4. The van der Waals surface area contributed by atoms with Gasteiger partial charge in [0.15, 0.2) is 11.6 Å². The Balaban J connectivity index is -0.000000295. The van der Waals surface area contributed by atoms with E-state index in [1.165, 1.54) is 0 Å². The molecule has 0 saturated heterocycles. The zero-order valence-electron chi connectivity index (χ0n) is 10.8. The van der Waals surface area contributed by atoms with E-state index < -0.39 is 35.4 Å². The maximum absolute atomic E-state index is 11.3. The van der Waals surface area contributed by atoms with Crippen LogP contribution in [0.4, 0.5) is 26.3 Å². The molecular formula is C10H8BeF6O4. The van der Waals surface area contributed by atoms with Gasteiger partial charge in [-0.15, -0.1) is 0 Å². The largest absolute Gasteiger partial charge is 2.00 e. The Kier molecular flexibility index (Phi) is 10.6. The molecule has 0 heterocycles. The van der Waals surface area contributed by atoms with Crippen molar-refractivity contribution >= 4 is 21.7 Å². The molecule has 0 unspecified atom stereocenters. The molecule has 0 aromatic heterocycles. The van der Waals surface area contributed by atoms with Crippen LogP contribution in [-0.4, -0.2) is 34.0 Å². The predicted molar refractivity (Wildman–Crippen MR) is 55.4 cm³/mol. The molecule has 0 bridgehead atoms. The van der Waals surface area contributed by atoms with Gasteiger partial charge in [0.2, 0.25) is 0 Å². The van der Waals surface area contributed by atoms with Gasteiger partial charge >= 0.3 is 22.5 Å². The molecule has 0 rings (SSSR count). The van der Waals surface area contributed by atoms with E-state index in [1.807, 2.05) is 0 Å². The summed E-state index contributed by atoms with van der Waals surface area (Å²) >= 11 is 0. The van der Waals surface area contributed by atoms with Crippen LogP contribution in [-0.2, 0) is 9.59 Å². The second-order valence-corrected chi connectivity index (χ2v) is 3.23. The van der Waals surface area contributed by atoms with Crippen LogP contribution in [0.1, 0.15) is 13.8 Å². The van der Waals surface area contributed by atoms with E-state index in [-0.39, 0.29) is 22.3 Å². The second kappa shape index (κ2) is 9.17. The SMILES string of the molecule is CC(=O)/C=C(/[O-])C(F)(F)F.CC(=O)/C=C(/[O-])C(F)(F)F.[Be+2]. The Bertz CT molecular complexity index is 382. The van der Waals surface area contributed by atoms with Gasteiger partial charge in [-0.2, -0.15) is 26.3 Å². The van der Waals surface area contributed by atoms with Crippen LogP contribution in [0.2, 0.25) is 0 Å². The standard InChI is InChI=1S/2C5H5F3O2.Be/c2*1-3(9)2-4(10)5(6,7)8;/h2*2,10H,1H3;/q;;+2/p-2/b2*4-2+;. The van der Waals surface area contributed by atoms with Crippen molar-refractivity contribution < 1.29 is 46.1 Å². The van der Waals surface area contributed by atoms with E-state index >= 15 is 0 Å². The van der Waals surface area contributed by atoms with E-state index in [0.717, 1.165) is 13.8 Å². The molecule has 0 radical (unpaired) electrons. The average Bonchev–Trinajstić information content (AvgIpc) is 2.13. The van der Waals surface area contributed by atoms with Crippen LogP contribution in [0, 0.1) is 0 Å². The molecule has 0 aliphatic rings. The first kappa shape index (κ1) is 24.2. The van der Waals surface area contributed by atoms with Crippen molar-refractivity contribution in [2.75, 3.05) is 0 Å². The number of rotatable bonds is 2. The number of carbonyl (C=O) groups is 2. The number of hydrogen-bond acceptors (Lipinski definition) is 4. The van der Waals surface area contributed by atoms with Crippen LogP contribution in [0.3, 0.4) is 0 Å². The normalized spacial score (nSPS) is 12.8. The summed E-state index contributed by atoms with van der Waals surface area (Å²) in [7, 11) is 0. The Morgan fingerprint density at radius 3 is 1.00 bits per heavy atom. The monoisotopic (exact) mass is 315 g/mol. The van der Waals surface area contributed by atoms with Crippen LogP contribution in [0.15, 0.2) is 23.7 Å². The molecule has 11 heteroatoms. The molecule has 0 aliphatic carbocycles. The van der Waals surface area contributed by atoms with Gasteiger partial charge in [-0.25, -0.2) is 0 Å². The second-order valence-electron chi connectivity index (χ2n) is 3.23. The molecule has 0 atom stereocenters. The van der Waals surface area contributed by atoms with E-state index in [2.05, 4.69) is 0 Å². The molecule has 0 aromatic rings. The van der Waals surface area contributed by atoms with E-state index in [1.54, 1.807) is 0 Å². The van der Waals surface area contributed by atoms with Crippen molar-refractivity contribution in [3.8, 4) is 0 Å². The number of hydrogen-bond donors (Lipinski definition) is 0. The fourth-order valence-corrected chi connectivity index (χ4v) is 0.533. The first-order valence-corrected chi connectivity index (χ1v) is 4.61. The fraction of sp³-hybridized carbons (Fsp3) is 0.400. The zero-order valence-corrected chi connectivity index (χ0v) is 10.8. The Hall–Kier alpha value is -1.83. The van der Waals surface area contributed by atoms with Gasteiger partial charge in [-0.3, -0.25) is 9.59 Å². The quantitative estimate of drug-likeness (QED) is 0.319. The maximum atomic E-state index is 11.3. The number of carbonyl (C=O) groups excluding carboxylic acids is 2. The Morgan fingerprint density at radius 2 is 0.952 bits per heavy atom. The molecule has 0 fully saturated rings. The van der Waals surface area contributed by atoms with Gasteiger partial charge in [0.05, 0.1) is 0 Å². The molecule has 0 spiro atoms. The summed E-state index contributed by atoms with van der Waals surface area (Å²) in [5.74, 6) is -6.02. The Morgan fingerprint density at radius 1 is 0.762 bits per heavy atom. The molecule has 0 aromatic carbocycles. The fourth-order valence-electron chi connectivity index (χ4n) is 0.533. The summed E-state index contributed by atoms with van der Waals surface area (Å²) < 4.78 is 67.7. The Labute approximate surface area is 119 Å². The molecule has 0 saturated carbocycles. The zero-order chi connectivity index (χ0) is 16.7. The van der Waals surface area contributed by atoms with E-state index in [4.69, 9.17) is 0 Å². The summed E-state index contributed by atoms with van der Waals surface area (Å²) in [6.07, 6.45) is -9.82. The summed E-state index contributed by atoms with van der Waals surface area (Å²) in [6, 6.07) is 0. The van der Waals surface area contributed by atoms with Gasteiger partial charge in [0.25, 0.3) is 0 Å². The number of ketones is 2. The van der Waals surface area contributed by atoms with Gasteiger partial charge < -0.3 is 10.2 Å². The van der Waals surface area contributed by atoms with Crippen molar-refractivity contribution in [1.29, 1.82) is 0 Å². The van der Waals surface area contributed by atoms with Crippen LogP contribution in [0.25, 0.3) is 0 Å². The van der Waals surface area contributed by atoms with Crippen LogP contribution in [0.5, 0.6) is 0 Å². The molecular weight excluding hydrogens is 307 g/mol. The first-order valence-electron chi connectivity index (χ1n) is 4.61. The first-order chi connectivity index (χ1) is 8.67. The summed E-state index contributed by atoms with van der Waals surface area (Å²) in [5, 5.41) is 19.7. The van der Waals surface area contributed by atoms with Gasteiger partial charge in [0.1, 0.15) is 0 Å². The van der Waals surface area contributed by atoms with Crippen molar-refractivity contribution in [3.63, 3.8) is 0 Å². The molecule has 21 heavy (non-hydrogen) atoms. The predicted octanol–water partition coefficient (Wildman–Crippen LogP) is 0.383.